The Labute approximate surface area is 153 Å². The van der Waals surface area contributed by atoms with E-state index in [2.05, 4.69) is 45.5 Å². The standard InChI is InChI=1S/C19H17BrN2OS/c1-11(17-8-9-18(20)24-17)21-19(23)14-10-13(14)16-7-6-12-4-2-3-5-15(12)22-16/h2-9,11,13-14H,10H2,1H3,(H,21,23)/t11-,13?,14?/m1/s1. The van der Waals surface area contributed by atoms with Crippen molar-refractivity contribution in [1.82, 2.24) is 10.3 Å². The molecule has 2 aromatic heterocycles. The largest absolute Gasteiger partial charge is 0.349 e. The van der Waals surface area contributed by atoms with Gasteiger partial charge in [-0.3, -0.25) is 9.78 Å². The van der Waals surface area contributed by atoms with Crippen molar-refractivity contribution in [2.45, 2.75) is 25.3 Å². The summed E-state index contributed by atoms with van der Waals surface area (Å²) in [5, 5.41) is 4.27. The average molecular weight is 401 g/mol. The second-order valence-corrected chi connectivity index (χ2v) is 8.74. The van der Waals surface area contributed by atoms with Crippen molar-refractivity contribution in [3.63, 3.8) is 0 Å². The number of hydrogen-bond acceptors (Lipinski definition) is 3. The van der Waals surface area contributed by atoms with Gasteiger partial charge in [-0.25, -0.2) is 0 Å². The molecule has 1 aromatic carbocycles. The molecule has 0 saturated heterocycles. The Morgan fingerprint density at radius 1 is 1.25 bits per heavy atom. The molecule has 1 aliphatic carbocycles. The van der Waals surface area contributed by atoms with Crippen LogP contribution in [0, 0.1) is 5.92 Å². The van der Waals surface area contributed by atoms with Crippen LogP contribution in [0.4, 0.5) is 0 Å². The molecule has 1 amide bonds. The molecular formula is C19H17BrN2OS. The van der Waals surface area contributed by atoms with Crippen LogP contribution >= 0.6 is 27.3 Å². The van der Waals surface area contributed by atoms with Crippen molar-refractivity contribution in [2.24, 2.45) is 5.92 Å². The minimum Gasteiger partial charge on any atom is -0.349 e. The lowest BCUT2D eigenvalue weighted by Gasteiger charge is -2.12. The lowest BCUT2D eigenvalue weighted by Crippen LogP contribution is -2.28. The molecule has 0 aliphatic heterocycles. The van der Waals surface area contributed by atoms with E-state index >= 15 is 0 Å². The Kier molecular flexibility index (Phi) is 4.14. The van der Waals surface area contributed by atoms with Crippen molar-refractivity contribution >= 4 is 44.1 Å². The van der Waals surface area contributed by atoms with Gasteiger partial charge in [0.15, 0.2) is 0 Å². The first-order valence-electron chi connectivity index (χ1n) is 8.03. The molecule has 122 valence electrons. The number of carbonyl (C=O) groups is 1. The summed E-state index contributed by atoms with van der Waals surface area (Å²) in [6, 6.07) is 16.3. The zero-order valence-corrected chi connectivity index (χ0v) is 15.6. The number of nitrogens with zero attached hydrogens (tertiary/aromatic N) is 1. The van der Waals surface area contributed by atoms with Crippen molar-refractivity contribution in [3.05, 3.63) is 62.9 Å². The van der Waals surface area contributed by atoms with Gasteiger partial charge < -0.3 is 5.32 Å². The molecule has 24 heavy (non-hydrogen) atoms. The van der Waals surface area contributed by atoms with Crippen LogP contribution in [0.15, 0.2) is 52.3 Å². The predicted molar refractivity (Wildman–Crippen MR) is 101 cm³/mol. The third kappa shape index (κ3) is 3.10. The van der Waals surface area contributed by atoms with Crippen molar-refractivity contribution in [2.75, 3.05) is 0 Å². The van der Waals surface area contributed by atoms with E-state index in [1.54, 1.807) is 11.3 Å². The second-order valence-electron chi connectivity index (χ2n) is 6.25. The fourth-order valence-corrected chi connectivity index (χ4v) is 4.48. The number of carbonyl (C=O) groups excluding carboxylic acids is 1. The molecule has 1 N–H and O–H groups in total. The summed E-state index contributed by atoms with van der Waals surface area (Å²) in [6.45, 7) is 2.03. The number of aromatic nitrogens is 1. The van der Waals surface area contributed by atoms with Crippen LogP contribution in [-0.2, 0) is 4.79 Å². The number of nitrogens with one attached hydrogen (secondary N) is 1. The normalized spacial score (nSPS) is 20.8. The van der Waals surface area contributed by atoms with Gasteiger partial charge >= 0.3 is 0 Å². The maximum Gasteiger partial charge on any atom is 0.224 e. The first-order valence-corrected chi connectivity index (χ1v) is 9.64. The summed E-state index contributed by atoms with van der Waals surface area (Å²) >= 11 is 5.12. The highest BCUT2D eigenvalue weighted by molar-refractivity contribution is 9.11. The van der Waals surface area contributed by atoms with Crippen LogP contribution in [0.2, 0.25) is 0 Å². The molecule has 0 spiro atoms. The summed E-state index contributed by atoms with van der Waals surface area (Å²) in [7, 11) is 0. The summed E-state index contributed by atoms with van der Waals surface area (Å²) < 4.78 is 1.09. The zero-order valence-electron chi connectivity index (χ0n) is 13.2. The Balaban J connectivity index is 1.44. The topological polar surface area (TPSA) is 42.0 Å². The number of rotatable bonds is 4. The third-order valence-corrected chi connectivity index (χ3v) is 6.31. The maximum absolute atomic E-state index is 12.5. The van der Waals surface area contributed by atoms with Gasteiger partial charge in [0.05, 0.1) is 15.3 Å². The zero-order chi connectivity index (χ0) is 16.7. The lowest BCUT2D eigenvalue weighted by molar-refractivity contribution is -0.123. The SMILES string of the molecule is C[C@@H](NC(=O)C1CC1c1ccc2ccccc2n1)c1ccc(Br)s1. The number of para-hydroxylation sites is 1. The van der Waals surface area contributed by atoms with Crippen molar-refractivity contribution < 1.29 is 4.79 Å². The Hall–Kier alpha value is -1.72. The minimum atomic E-state index is 0.0413. The summed E-state index contributed by atoms with van der Waals surface area (Å²) in [4.78, 5) is 18.4. The van der Waals surface area contributed by atoms with Crippen LogP contribution in [0.5, 0.6) is 0 Å². The van der Waals surface area contributed by atoms with Crippen LogP contribution < -0.4 is 5.32 Å². The van der Waals surface area contributed by atoms with E-state index in [4.69, 9.17) is 4.98 Å². The molecule has 3 aromatic rings. The highest BCUT2D eigenvalue weighted by Crippen LogP contribution is 2.47. The van der Waals surface area contributed by atoms with E-state index in [1.165, 1.54) is 0 Å². The second kappa shape index (κ2) is 6.30. The monoisotopic (exact) mass is 400 g/mol. The Morgan fingerprint density at radius 3 is 2.88 bits per heavy atom. The molecule has 2 heterocycles. The maximum atomic E-state index is 12.5. The summed E-state index contributed by atoms with van der Waals surface area (Å²) in [6.07, 6.45) is 0.887. The van der Waals surface area contributed by atoms with Gasteiger partial charge in [0, 0.05) is 27.8 Å². The van der Waals surface area contributed by atoms with E-state index in [-0.39, 0.29) is 23.8 Å². The molecule has 3 atom stereocenters. The Bertz CT molecular complexity index is 907. The van der Waals surface area contributed by atoms with E-state index in [0.29, 0.717) is 0 Å². The highest BCUT2D eigenvalue weighted by atomic mass is 79.9. The molecule has 4 rings (SSSR count). The highest BCUT2D eigenvalue weighted by Gasteiger charge is 2.45. The number of amides is 1. The molecule has 1 saturated carbocycles. The number of halogens is 1. The third-order valence-electron chi connectivity index (χ3n) is 4.51. The number of fused-ring (bicyclic) bond motifs is 1. The summed E-state index contributed by atoms with van der Waals surface area (Å²) in [5.74, 6) is 0.424. The van der Waals surface area contributed by atoms with Gasteiger partial charge in [-0.2, -0.15) is 0 Å². The van der Waals surface area contributed by atoms with E-state index in [1.807, 2.05) is 31.2 Å². The molecule has 2 unspecified atom stereocenters. The fourth-order valence-electron chi connectivity index (χ4n) is 3.05. The van der Waals surface area contributed by atoms with Gasteiger partial charge in [-0.05, 0) is 53.5 Å². The van der Waals surface area contributed by atoms with E-state index < -0.39 is 0 Å². The van der Waals surface area contributed by atoms with Gasteiger partial charge in [-0.15, -0.1) is 11.3 Å². The molecule has 3 nitrogen and oxygen atoms in total. The molecule has 0 radical (unpaired) electrons. The molecular weight excluding hydrogens is 384 g/mol. The van der Waals surface area contributed by atoms with E-state index in [0.717, 1.165) is 31.7 Å². The molecule has 1 fully saturated rings. The van der Waals surface area contributed by atoms with Gasteiger partial charge in [0.25, 0.3) is 0 Å². The predicted octanol–water partition coefficient (Wildman–Crippen LogP) is 5.04. The molecule has 5 heteroatoms. The first kappa shape index (κ1) is 15.8. The van der Waals surface area contributed by atoms with Crippen molar-refractivity contribution in [1.29, 1.82) is 0 Å². The molecule has 0 bridgehead atoms. The van der Waals surface area contributed by atoms with Crippen LogP contribution in [0.1, 0.15) is 35.9 Å². The van der Waals surface area contributed by atoms with Crippen molar-refractivity contribution in [3.8, 4) is 0 Å². The van der Waals surface area contributed by atoms with Gasteiger partial charge in [0.1, 0.15) is 0 Å². The van der Waals surface area contributed by atoms with Crippen LogP contribution in [0.3, 0.4) is 0 Å². The number of thiophene rings is 1. The fraction of sp³-hybridized carbons (Fsp3) is 0.263. The lowest BCUT2D eigenvalue weighted by atomic mass is 10.1. The quantitative estimate of drug-likeness (QED) is 0.666. The smallest absolute Gasteiger partial charge is 0.224 e. The number of benzene rings is 1. The number of pyridine rings is 1. The minimum absolute atomic E-state index is 0.0413. The summed E-state index contributed by atoms with van der Waals surface area (Å²) in [5.41, 5.74) is 2.03. The van der Waals surface area contributed by atoms with Crippen LogP contribution in [-0.4, -0.2) is 10.9 Å². The van der Waals surface area contributed by atoms with Crippen LogP contribution in [0.25, 0.3) is 10.9 Å². The number of hydrogen-bond donors (Lipinski definition) is 1. The van der Waals surface area contributed by atoms with E-state index in [9.17, 15) is 4.79 Å². The van der Waals surface area contributed by atoms with Gasteiger partial charge in [0.2, 0.25) is 5.91 Å². The van der Waals surface area contributed by atoms with Gasteiger partial charge in [-0.1, -0.05) is 24.3 Å². The molecule has 1 aliphatic rings. The Morgan fingerprint density at radius 2 is 2.08 bits per heavy atom. The first-order chi connectivity index (χ1) is 11.6. The average Bonchev–Trinajstić information content (AvgIpc) is 3.28.